The molecular weight excluding hydrogens is 253 g/mol. The van der Waals surface area contributed by atoms with Gasteiger partial charge in [-0.1, -0.05) is 35.4 Å². The van der Waals surface area contributed by atoms with Crippen molar-refractivity contribution in [1.82, 2.24) is 0 Å². The zero-order valence-electron chi connectivity index (χ0n) is 8.00. The standard InChI is InChI=1S/C10H11Cl2NOS/c11-7-3-4-8(12)9(6-7)14-5-1-2-10(13)15/h3-4,6H,1-2,5H2,(H2,13,15). The third-order valence-electron chi connectivity index (χ3n) is 1.72. The fraction of sp³-hybridized carbons (Fsp3) is 0.300. The lowest BCUT2D eigenvalue weighted by Gasteiger charge is -2.07. The molecule has 0 aromatic heterocycles. The molecule has 0 heterocycles. The molecule has 2 nitrogen and oxygen atoms in total. The van der Waals surface area contributed by atoms with Gasteiger partial charge >= 0.3 is 0 Å². The molecule has 2 N–H and O–H groups in total. The Kier molecular flexibility index (Phi) is 5.15. The summed E-state index contributed by atoms with van der Waals surface area (Å²) >= 11 is 16.5. The van der Waals surface area contributed by atoms with Gasteiger partial charge in [0.05, 0.1) is 16.6 Å². The van der Waals surface area contributed by atoms with Crippen LogP contribution >= 0.6 is 35.4 Å². The summed E-state index contributed by atoms with van der Waals surface area (Å²) in [4.78, 5) is 0.496. The number of ether oxygens (including phenoxy) is 1. The van der Waals surface area contributed by atoms with E-state index in [9.17, 15) is 0 Å². The molecule has 0 spiro atoms. The van der Waals surface area contributed by atoms with Crippen molar-refractivity contribution in [2.24, 2.45) is 5.73 Å². The maximum Gasteiger partial charge on any atom is 0.139 e. The summed E-state index contributed by atoms with van der Waals surface area (Å²) in [6, 6.07) is 5.10. The van der Waals surface area contributed by atoms with E-state index in [-0.39, 0.29) is 0 Å². The average molecular weight is 264 g/mol. The van der Waals surface area contributed by atoms with Crippen molar-refractivity contribution >= 4 is 40.4 Å². The molecule has 0 amide bonds. The van der Waals surface area contributed by atoms with E-state index in [4.69, 9.17) is 45.9 Å². The molecule has 15 heavy (non-hydrogen) atoms. The van der Waals surface area contributed by atoms with Crippen molar-refractivity contribution in [3.63, 3.8) is 0 Å². The minimum absolute atomic E-state index is 0.496. The molecule has 1 rings (SSSR count). The molecule has 0 aliphatic carbocycles. The number of hydrogen-bond acceptors (Lipinski definition) is 2. The predicted octanol–water partition coefficient (Wildman–Crippen LogP) is 3.44. The van der Waals surface area contributed by atoms with Crippen LogP contribution in [0.1, 0.15) is 12.8 Å². The predicted molar refractivity (Wildman–Crippen MR) is 68.0 cm³/mol. The van der Waals surface area contributed by atoms with Crippen molar-refractivity contribution < 1.29 is 4.74 Å². The van der Waals surface area contributed by atoms with Crippen molar-refractivity contribution in [1.29, 1.82) is 0 Å². The van der Waals surface area contributed by atoms with Crippen molar-refractivity contribution in [3.8, 4) is 5.75 Å². The summed E-state index contributed by atoms with van der Waals surface area (Å²) in [7, 11) is 0. The van der Waals surface area contributed by atoms with Gasteiger partial charge in [0.25, 0.3) is 0 Å². The summed E-state index contributed by atoms with van der Waals surface area (Å²) in [6.45, 7) is 0.525. The third-order valence-corrected chi connectivity index (χ3v) is 2.47. The van der Waals surface area contributed by atoms with Crippen LogP contribution in [-0.2, 0) is 0 Å². The first-order valence-electron chi connectivity index (χ1n) is 4.46. The molecule has 0 aliphatic heterocycles. The molecule has 1 aromatic rings. The van der Waals surface area contributed by atoms with Gasteiger partial charge in [-0.15, -0.1) is 0 Å². The summed E-state index contributed by atoms with van der Waals surface area (Å²) in [6.07, 6.45) is 1.45. The van der Waals surface area contributed by atoms with Crippen LogP contribution in [-0.4, -0.2) is 11.6 Å². The summed E-state index contributed by atoms with van der Waals surface area (Å²) in [5.74, 6) is 0.590. The van der Waals surface area contributed by atoms with Crippen LogP contribution in [0.5, 0.6) is 5.75 Å². The van der Waals surface area contributed by atoms with E-state index in [0.29, 0.717) is 33.8 Å². The van der Waals surface area contributed by atoms with Crippen LogP contribution in [0.3, 0.4) is 0 Å². The van der Waals surface area contributed by atoms with Gasteiger partial charge in [-0.25, -0.2) is 0 Å². The van der Waals surface area contributed by atoms with E-state index < -0.39 is 0 Å². The van der Waals surface area contributed by atoms with Gasteiger partial charge in [0, 0.05) is 17.5 Å². The minimum Gasteiger partial charge on any atom is -0.492 e. The quantitative estimate of drug-likeness (QED) is 0.653. The fourth-order valence-electron chi connectivity index (χ4n) is 1.02. The number of nitrogens with two attached hydrogens (primary N) is 1. The molecule has 0 radical (unpaired) electrons. The Morgan fingerprint density at radius 1 is 1.40 bits per heavy atom. The van der Waals surface area contributed by atoms with Gasteiger partial charge in [-0.3, -0.25) is 0 Å². The first-order valence-corrected chi connectivity index (χ1v) is 5.62. The zero-order chi connectivity index (χ0) is 11.3. The highest BCUT2D eigenvalue weighted by Crippen LogP contribution is 2.27. The van der Waals surface area contributed by atoms with E-state index in [1.165, 1.54) is 0 Å². The minimum atomic E-state index is 0.496. The molecule has 0 saturated carbocycles. The number of halogens is 2. The highest BCUT2D eigenvalue weighted by Gasteiger charge is 2.02. The summed E-state index contributed by atoms with van der Waals surface area (Å²) in [5.41, 5.74) is 5.35. The van der Waals surface area contributed by atoms with E-state index >= 15 is 0 Å². The number of rotatable bonds is 5. The van der Waals surface area contributed by atoms with Gasteiger partial charge in [-0.05, 0) is 18.6 Å². The van der Waals surface area contributed by atoms with Gasteiger partial charge in [0.2, 0.25) is 0 Å². The number of benzene rings is 1. The number of hydrogen-bond donors (Lipinski definition) is 1. The Labute approximate surface area is 104 Å². The second-order valence-corrected chi connectivity index (χ2v) is 4.36. The van der Waals surface area contributed by atoms with E-state index in [2.05, 4.69) is 0 Å². The molecule has 0 saturated heterocycles. The topological polar surface area (TPSA) is 35.2 Å². The van der Waals surface area contributed by atoms with Gasteiger partial charge in [0.1, 0.15) is 5.75 Å². The lowest BCUT2D eigenvalue weighted by Crippen LogP contribution is -2.09. The first-order chi connectivity index (χ1) is 7.09. The molecule has 0 atom stereocenters. The molecule has 82 valence electrons. The van der Waals surface area contributed by atoms with E-state index in [1.54, 1.807) is 18.2 Å². The normalized spacial score (nSPS) is 10.0. The molecule has 5 heteroatoms. The average Bonchev–Trinajstić information content (AvgIpc) is 2.17. The van der Waals surface area contributed by atoms with Crippen LogP contribution < -0.4 is 10.5 Å². The van der Waals surface area contributed by atoms with Crippen molar-refractivity contribution in [2.45, 2.75) is 12.8 Å². The first kappa shape index (κ1) is 12.6. The Hall–Kier alpha value is -0.510. The van der Waals surface area contributed by atoms with Crippen LogP contribution in [0.2, 0.25) is 10.0 Å². The molecular formula is C10H11Cl2NOS. The molecule has 0 fully saturated rings. The molecule has 0 unspecified atom stereocenters. The van der Waals surface area contributed by atoms with Crippen LogP contribution in [0.15, 0.2) is 18.2 Å². The largest absolute Gasteiger partial charge is 0.492 e. The molecule has 0 aliphatic rings. The highest BCUT2D eigenvalue weighted by molar-refractivity contribution is 7.80. The zero-order valence-corrected chi connectivity index (χ0v) is 10.3. The Bertz CT molecular complexity index is 357. The summed E-state index contributed by atoms with van der Waals surface area (Å²) < 4.78 is 5.44. The Balaban J connectivity index is 2.43. The van der Waals surface area contributed by atoms with E-state index in [0.717, 1.165) is 6.42 Å². The second-order valence-electron chi connectivity index (χ2n) is 2.99. The lowest BCUT2D eigenvalue weighted by atomic mass is 10.3. The Morgan fingerprint density at radius 3 is 2.80 bits per heavy atom. The van der Waals surface area contributed by atoms with Gasteiger partial charge in [-0.2, -0.15) is 0 Å². The maximum absolute atomic E-state index is 5.90. The highest BCUT2D eigenvalue weighted by atomic mass is 35.5. The van der Waals surface area contributed by atoms with Gasteiger partial charge in [0.15, 0.2) is 0 Å². The fourth-order valence-corrected chi connectivity index (χ4v) is 1.49. The lowest BCUT2D eigenvalue weighted by molar-refractivity contribution is 0.314. The Morgan fingerprint density at radius 2 is 2.13 bits per heavy atom. The maximum atomic E-state index is 5.90. The monoisotopic (exact) mass is 263 g/mol. The third kappa shape index (κ3) is 4.69. The van der Waals surface area contributed by atoms with E-state index in [1.807, 2.05) is 0 Å². The smallest absolute Gasteiger partial charge is 0.139 e. The van der Waals surface area contributed by atoms with Crippen LogP contribution in [0, 0.1) is 0 Å². The molecule has 0 bridgehead atoms. The second kappa shape index (κ2) is 6.16. The van der Waals surface area contributed by atoms with Crippen molar-refractivity contribution in [2.75, 3.05) is 6.61 Å². The van der Waals surface area contributed by atoms with Gasteiger partial charge < -0.3 is 10.5 Å². The van der Waals surface area contributed by atoms with Crippen LogP contribution in [0.25, 0.3) is 0 Å². The molecule has 1 aromatic carbocycles. The number of thiocarbonyl (C=S) groups is 1. The van der Waals surface area contributed by atoms with Crippen LogP contribution in [0.4, 0.5) is 0 Å². The SMILES string of the molecule is NC(=S)CCCOc1cc(Cl)ccc1Cl. The van der Waals surface area contributed by atoms with Crippen molar-refractivity contribution in [3.05, 3.63) is 28.2 Å². The summed E-state index contributed by atoms with van der Waals surface area (Å²) in [5, 5.41) is 1.15.